The first-order chi connectivity index (χ1) is 4.35. The van der Waals surface area contributed by atoms with Crippen LogP contribution in [0.25, 0.3) is 0 Å². The van der Waals surface area contributed by atoms with Crippen molar-refractivity contribution in [2.24, 2.45) is 0 Å². The Labute approximate surface area is 58.1 Å². The van der Waals surface area contributed by atoms with E-state index in [0.717, 1.165) is 0 Å². The van der Waals surface area contributed by atoms with E-state index in [-0.39, 0.29) is 5.57 Å². The van der Waals surface area contributed by atoms with E-state index >= 15 is 0 Å². The maximum atomic E-state index is 8.17. The van der Waals surface area contributed by atoms with E-state index in [1.165, 1.54) is 17.4 Å². The predicted molar refractivity (Wildman–Crippen MR) is 36.0 cm³/mol. The first kappa shape index (κ1) is 8.03. The topological polar surface area (TPSA) is 59.6 Å². The molecule has 0 unspecified atom stereocenters. The number of rotatable bonds is 2. The van der Waals surface area contributed by atoms with Gasteiger partial charge in [0.25, 0.3) is 0 Å². The third kappa shape index (κ3) is 3.60. The second kappa shape index (κ2) is 5.17. The Morgan fingerprint density at radius 3 is 2.44 bits per heavy atom. The second-order valence-electron chi connectivity index (χ2n) is 1.08. The van der Waals surface area contributed by atoms with Crippen LogP contribution in [0.3, 0.4) is 0 Å². The monoisotopic (exact) mass is 139 g/mol. The van der Waals surface area contributed by atoms with Crippen molar-refractivity contribution in [1.29, 1.82) is 10.5 Å². The molecule has 0 aliphatic carbocycles. The zero-order chi connectivity index (χ0) is 7.11. The van der Waals surface area contributed by atoms with Crippen LogP contribution in [0.2, 0.25) is 0 Å². The molecule has 0 heterocycles. The summed E-state index contributed by atoms with van der Waals surface area (Å²) >= 11 is 1.21. The summed E-state index contributed by atoms with van der Waals surface area (Å²) in [5, 5.41) is 17.8. The normalized spacial score (nSPS) is 7.00. The smallest absolute Gasteiger partial charge is 0.137 e. The van der Waals surface area contributed by atoms with Gasteiger partial charge in [0.05, 0.1) is 0 Å². The fraction of sp³-hybridized carbons (Fsp3) is 0.200. The Balaban J connectivity index is 3.85. The van der Waals surface area contributed by atoms with Crippen molar-refractivity contribution in [2.75, 3.05) is 7.05 Å². The minimum atomic E-state index is 0.120. The van der Waals surface area contributed by atoms with Gasteiger partial charge >= 0.3 is 0 Å². The van der Waals surface area contributed by atoms with Gasteiger partial charge in [-0.2, -0.15) is 10.5 Å². The molecule has 0 bridgehead atoms. The maximum Gasteiger partial charge on any atom is 0.137 e. The Bertz CT molecular complexity index is 167. The molecule has 0 radical (unpaired) electrons. The van der Waals surface area contributed by atoms with Gasteiger partial charge in [-0.05, 0) is 7.05 Å². The number of hydrogen-bond acceptors (Lipinski definition) is 4. The lowest BCUT2D eigenvalue weighted by atomic mass is 10.4. The molecule has 0 amide bonds. The standard InChI is InChI=1S/C5H5N3S/c1-8-9-4-5(2-6)3-7/h4,8H,1H3. The third-order valence-corrected chi connectivity index (χ3v) is 1.12. The Kier molecular flexibility index (Phi) is 4.61. The van der Waals surface area contributed by atoms with E-state index in [0.29, 0.717) is 0 Å². The Morgan fingerprint density at radius 2 is 2.11 bits per heavy atom. The molecular formula is C5H5N3S. The predicted octanol–water partition coefficient (Wildman–Crippen LogP) is 0.785. The van der Waals surface area contributed by atoms with Crippen molar-refractivity contribution < 1.29 is 0 Å². The van der Waals surface area contributed by atoms with Crippen molar-refractivity contribution in [2.45, 2.75) is 0 Å². The van der Waals surface area contributed by atoms with Gasteiger partial charge in [-0.3, -0.25) is 4.72 Å². The zero-order valence-electron chi connectivity index (χ0n) is 4.88. The molecule has 0 aliphatic rings. The number of nitriles is 2. The number of nitrogens with one attached hydrogen (secondary N) is 1. The largest absolute Gasteiger partial charge is 0.263 e. The van der Waals surface area contributed by atoms with Crippen molar-refractivity contribution in [3.63, 3.8) is 0 Å². The number of allylic oxidation sites excluding steroid dienone is 1. The van der Waals surface area contributed by atoms with Crippen LogP contribution in [-0.2, 0) is 0 Å². The average Bonchev–Trinajstić information content (AvgIpc) is 1.91. The summed E-state index contributed by atoms with van der Waals surface area (Å²) in [5.41, 5.74) is 0.120. The van der Waals surface area contributed by atoms with E-state index in [2.05, 4.69) is 4.72 Å². The van der Waals surface area contributed by atoms with Gasteiger partial charge in [-0.25, -0.2) is 0 Å². The van der Waals surface area contributed by atoms with E-state index in [4.69, 9.17) is 10.5 Å². The van der Waals surface area contributed by atoms with Crippen LogP contribution in [0.5, 0.6) is 0 Å². The molecule has 0 atom stereocenters. The highest BCUT2D eigenvalue weighted by Crippen LogP contribution is 1.98. The van der Waals surface area contributed by atoms with Crippen molar-refractivity contribution in [1.82, 2.24) is 4.72 Å². The highest BCUT2D eigenvalue weighted by molar-refractivity contribution is 8.00. The molecule has 0 saturated heterocycles. The van der Waals surface area contributed by atoms with Crippen molar-refractivity contribution in [3.8, 4) is 12.1 Å². The number of nitrogens with zero attached hydrogens (tertiary/aromatic N) is 2. The number of hydrogen-bond donors (Lipinski definition) is 1. The van der Waals surface area contributed by atoms with Gasteiger partial charge < -0.3 is 0 Å². The van der Waals surface area contributed by atoms with E-state index in [1.807, 2.05) is 0 Å². The van der Waals surface area contributed by atoms with Gasteiger partial charge in [0.1, 0.15) is 17.7 Å². The first-order valence-electron chi connectivity index (χ1n) is 2.18. The minimum absolute atomic E-state index is 0.120. The summed E-state index contributed by atoms with van der Waals surface area (Å²) in [6.45, 7) is 0. The lowest BCUT2D eigenvalue weighted by molar-refractivity contribution is 1.31. The quantitative estimate of drug-likeness (QED) is 0.453. The highest BCUT2D eigenvalue weighted by atomic mass is 32.2. The Hall–Kier alpha value is -0.970. The van der Waals surface area contributed by atoms with E-state index in [1.54, 1.807) is 19.2 Å². The van der Waals surface area contributed by atoms with Crippen molar-refractivity contribution >= 4 is 11.9 Å². The van der Waals surface area contributed by atoms with Crippen LogP contribution in [0.1, 0.15) is 0 Å². The van der Waals surface area contributed by atoms with Gasteiger partial charge in [0, 0.05) is 5.41 Å². The second-order valence-corrected chi connectivity index (χ2v) is 1.96. The Morgan fingerprint density at radius 1 is 1.56 bits per heavy atom. The molecule has 0 aromatic carbocycles. The van der Waals surface area contributed by atoms with Gasteiger partial charge in [0.15, 0.2) is 0 Å². The highest BCUT2D eigenvalue weighted by Gasteiger charge is 1.87. The van der Waals surface area contributed by atoms with Crippen molar-refractivity contribution in [3.05, 3.63) is 11.0 Å². The van der Waals surface area contributed by atoms with Gasteiger partial charge in [0.2, 0.25) is 0 Å². The molecule has 0 aromatic rings. The van der Waals surface area contributed by atoms with Gasteiger partial charge in [-0.15, -0.1) is 0 Å². The van der Waals surface area contributed by atoms with Crippen LogP contribution in [0, 0.1) is 22.7 Å². The molecule has 0 aromatic heterocycles. The van der Waals surface area contributed by atoms with Crippen LogP contribution in [-0.4, -0.2) is 7.05 Å². The van der Waals surface area contributed by atoms with Gasteiger partial charge in [-0.1, -0.05) is 11.9 Å². The molecule has 0 saturated carbocycles. The summed E-state index contributed by atoms with van der Waals surface area (Å²) in [6.07, 6.45) is 0. The summed E-state index contributed by atoms with van der Waals surface area (Å²) in [7, 11) is 1.72. The molecule has 0 rings (SSSR count). The lowest BCUT2D eigenvalue weighted by Crippen LogP contribution is -1.86. The fourth-order valence-corrected chi connectivity index (χ4v) is 0.537. The summed E-state index contributed by atoms with van der Waals surface area (Å²) in [6, 6.07) is 3.45. The van der Waals surface area contributed by atoms with E-state index in [9.17, 15) is 0 Å². The molecule has 9 heavy (non-hydrogen) atoms. The minimum Gasteiger partial charge on any atom is -0.263 e. The molecule has 0 fully saturated rings. The van der Waals surface area contributed by atoms with E-state index < -0.39 is 0 Å². The average molecular weight is 139 g/mol. The molecule has 46 valence electrons. The summed E-state index contributed by atoms with van der Waals surface area (Å²) in [5.74, 6) is 0. The molecule has 1 N–H and O–H groups in total. The zero-order valence-corrected chi connectivity index (χ0v) is 5.70. The van der Waals surface area contributed by atoms with Crippen LogP contribution in [0.15, 0.2) is 11.0 Å². The SMILES string of the molecule is CNSC=C(C#N)C#N. The molecule has 4 heteroatoms. The maximum absolute atomic E-state index is 8.17. The fourth-order valence-electron chi connectivity index (χ4n) is 0.196. The van der Waals surface area contributed by atoms with Crippen LogP contribution < -0.4 is 4.72 Å². The third-order valence-electron chi connectivity index (χ3n) is 0.536. The molecule has 0 spiro atoms. The summed E-state index contributed by atoms with van der Waals surface area (Å²) in [4.78, 5) is 0. The first-order valence-corrected chi connectivity index (χ1v) is 3.06. The molecular weight excluding hydrogens is 134 g/mol. The molecule has 0 aliphatic heterocycles. The summed E-state index contributed by atoms with van der Waals surface area (Å²) < 4.78 is 2.70. The van der Waals surface area contributed by atoms with Crippen LogP contribution >= 0.6 is 11.9 Å². The molecule has 3 nitrogen and oxygen atoms in total. The lowest BCUT2D eigenvalue weighted by Gasteiger charge is -1.83. The van der Waals surface area contributed by atoms with Crippen LogP contribution in [0.4, 0.5) is 0 Å².